The molecule has 0 aliphatic carbocycles. The van der Waals surface area contributed by atoms with E-state index in [0.29, 0.717) is 13.0 Å². The lowest BCUT2D eigenvalue weighted by Gasteiger charge is -2.10. The zero-order chi connectivity index (χ0) is 21.9. The summed E-state index contributed by atoms with van der Waals surface area (Å²) in [5.41, 5.74) is 4.57. The lowest BCUT2D eigenvalue weighted by molar-refractivity contribution is -0.120. The first-order chi connectivity index (χ1) is 15.2. The third kappa shape index (κ3) is 6.95. The highest BCUT2D eigenvalue weighted by molar-refractivity contribution is 5.79. The van der Waals surface area contributed by atoms with Gasteiger partial charge in [-0.1, -0.05) is 75.4 Å². The maximum absolute atomic E-state index is 12.3. The predicted octanol–water partition coefficient (Wildman–Crippen LogP) is 6.00. The molecule has 1 N–H and O–H groups in total. The van der Waals surface area contributed by atoms with Gasteiger partial charge in [-0.2, -0.15) is 0 Å². The number of aryl methyl sites for hydroxylation is 3. The third-order valence-corrected chi connectivity index (χ3v) is 5.98. The molecule has 0 atom stereocenters. The number of nitrogens with zero attached hydrogens (tertiary/aromatic N) is 2. The average molecular weight is 420 g/mol. The minimum atomic E-state index is 0.0925. The number of benzene rings is 2. The monoisotopic (exact) mass is 419 g/mol. The van der Waals surface area contributed by atoms with E-state index < -0.39 is 0 Å². The van der Waals surface area contributed by atoms with Crippen molar-refractivity contribution in [2.75, 3.05) is 6.54 Å². The molecule has 4 nitrogen and oxygen atoms in total. The molecule has 0 aliphatic heterocycles. The van der Waals surface area contributed by atoms with Crippen molar-refractivity contribution in [3.05, 3.63) is 65.5 Å². The van der Waals surface area contributed by atoms with E-state index in [9.17, 15) is 4.79 Å². The summed E-state index contributed by atoms with van der Waals surface area (Å²) in [7, 11) is 0. The number of amides is 1. The zero-order valence-corrected chi connectivity index (χ0v) is 19.2. The van der Waals surface area contributed by atoms with Gasteiger partial charge in [0.15, 0.2) is 0 Å². The van der Waals surface area contributed by atoms with Crippen LogP contribution in [0.2, 0.25) is 0 Å². The average Bonchev–Trinajstić information content (AvgIpc) is 3.13. The van der Waals surface area contributed by atoms with E-state index in [1.54, 1.807) is 0 Å². The maximum atomic E-state index is 12.3. The van der Waals surface area contributed by atoms with Crippen LogP contribution in [-0.4, -0.2) is 22.0 Å². The van der Waals surface area contributed by atoms with Crippen LogP contribution in [0.25, 0.3) is 11.0 Å². The SMILES string of the molecule is CCCCCCCCn1c(CCCNC(=O)Cc2ccccc2C)nc2ccccc21. The molecule has 0 aliphatic rings. The van der Waals surface area contributed by atoms with E-state index in [-0.39, 0.29) is 5.91 Å². The normalized spacial score (nSPS) is 11.2. The van der Waals surface area contributed by atoms with Crippen LogP contribution in [0.1, 0.15) is 68.8 Å². The summed E-state index contributed by atoms with van der Waals surface area (Å²) < 4.78 is 2.39. The fourth-order valence-corrected chi connectivity index (χ4v) is 4.13. The van der Waals surface area contributed by atoms with Crippen LogP contribution in [0.5, 0.6) is 0 Å². The summed E-state index contributed by atoms with van der Waals surface area (Å²) in [6, 6.07) is 16.5. The molecule has 0 bridgehead atoms. The Kier molecular flexibility index (Phi) is 9.14. The van der Waals surface area contributed by atoms with Gasteiger partial charge in [0, 0.05) is 19.5 Å². The van der Waals surface area contributed by atoms with Gasteiger partial charge in [-0.25, -0.2) is 4.98 Å². The van der Waals surface area contributed by atoms with Crippen molar-refractivity contribution in [2.45, 2.75) is 78.2 Å². The topological polar surface area (TPSA) is 46.9 Å². The van der Waals surface area contributed by atoms with Crippen LogP contribution in [0, 0.1) is 6.92 Å². The molecule has 166 valence electrons. The van der Waals surface area contributed by atoms with Crippen LogP contribution in [0.3, 0.4) is 0 Å². The summed E-state index contributed by atoms with van der Waals surface area (Å²) in [5.74, 6) is 1.23. The molecule has 0 fully saturated rings. The van der Waals surface area contributed by atoms with E-state index in [1.807, 2.05) is 18.2 Å². The summed E-state index contributed by atoms with van der Waals surface area (Å²) in [6.07, 6.45) is 10.0. The van der Waals surface area contributed by atoms with Crippen molar-refractivity contribution in [1.82, 2.24) is 14.9 Å². The van der Waals surface area contributed by atoms with E-state index in [4.69, 9.17) is 4.98 Å². The number of para-hydroxylation sites is 2. The molecular weight excluding hydrogens is 382 g/mol. The molecule has 0 radical (unpaired) electrons. The second-order valence-corrected chi connectivity index (χ2v) is 8.49. The van der Waals surface area contributed by atoms with Crippen LogP contribution >= 0.6 is 0 Å². The number of aromatic nitrogens is 2. The van der Waals surface area contributed by atoms with Crippen molar-refractivity contribution < 1.29 is 4.79 Å². The van der Waals surface area contributed by atoms with E-state index >= 15 is 0 Å². The highest BCUT2D eigenvalue weighted by Gasteiger charge is 2.11. The third-order valence-electron chi connectivity index (χ3n) is 5.98. The first-order valence-corrected chi connectivity index (χ1v) is 11.9. The van der Waals surface area contributed by atoms with Crippen LogP contribution in [0.15, 0.2) is 48.5 Å². The fraction of sp³-hybridized carbons (Fsp3) is 0.481. The molecule has 0 saturated heterocycles. The Labute approximate surface area is 187 Å². The number of rotatable bonds is 13. The molecule has 0 saturated carbocycles. The van der Waals surface area contributed by atoms with E-state index in [0.717, 1.165) is 36.3 Å². The largest absolute Gasteiger partial charge is 0.356 e. The Bertz CT molecular complexity index is 960. The number of fused-ring (bicyclic) bond motifs is 1. The number of carbonyl (C=O) groups is 1. The number of hydrogen-bond acceptors (Lipinski definition) is 2. The summed E-state index contributed by atoms with van der Waals surface area (Å²) in [4.78, 5) is 17.2. The molecule has 0 spiro atoms. The zero-order valence-electron chi connectivity index (χ0n) is 19.2. The van der Waals surface area contributed by atoms with Gasteiger partial charge >= 0.3 is 0 Å². The summed E-state index contributed by atoms with van der Waals surface area (Å²) >= 11 is 0. The predicted molar refractivity (Wildman–Crippen MR) is 129 cm³/mol. The van der Waals surface area contributed by atoms with Crippen LogP contribution in [-0.2, 0) is 24.2 Å². The molecule has 0 unspecified atom stereocenters. The molecular formula is C27H37N3O. The highest BCUT2D eigenvalue weighted by Crippen LogP contribution is 2.19. The maximum Gasteiger partial charge on any atom is 0.224 e. The van der Waals surface area contributed by atoms with Gasteiger partial charge in [0.2, 0.25) is 5.91 Å². The van der Waals surface area contributed by atoms with E-state index in [2.05, 4.69) is 54.1 Å². The van der Waals surface area contributed by atoms with Gasteiger partial charge in [-0.3, -0.25) is 4.79 Å². The second-order valence-electron chi connectivity index (χ2n) is 8.49. The molecule has 31 heavy (non-hydrogen) atoms. The van der Waals surface area contributed by atoms with Gasteiger partial charge in [0.25, 0.3) is 0 Å². The summed E-state index contributed by atoms with van der Waals surface area (Å²) in [5, 5.41) is 3.08. The smallest absolute Gasteiger partial charge is 0.224 e. The minimum Gasteiger partial charge on any atom is -0.356 e. The minimum absolute atomic E-state index is 0.0925. The Balaban J connectivity index is 1.50. The Hall–Kier alpha value is -2.62. The molecule has 2 aromatic carbocycles. The Morgan fingerprint density at radius 1 is 0.935 bits per heavy atom. The van der Waals surface area contributed by atoms with Crippen molar-refractivity contribution in [3.8, 4) is 0 Å². The van der Waals surface area contributed by atoms with E-state index in [1.165, 1.54) is 49.6 Å². The number of imidazole rings is 1. The van der Waals surface area contributed by atoms with Crippen molar-refractivity contribution in [1.29, 1.82) is 0 Å². The van der Waals surface area contributed by atoms with Gasteiger partial charge < -0.3 is 9.88 Å². The second kappa shape index (κ2) is 12.3. The first-order valence-electron chi connectivity index (χ1n) is 11.9. The number of nitrogens with one attached hydrogen (secondary N) is 1. The lowest BCUT2D eigenvalue weighted by Crippen LogP contribution is -2.26. The molecule has 1 amide bonds. The first kappa shape index (κ1) is 23.1. The van der Waals surface area contributed by atoms with Crippen molar-refractivity contribution in [3.63, 3.8) is 0 Å². The number of unbranched alkanes of at least 4 members (excludes halogenated alkanes) is 5. The fourth-order valence-electron chi connectivity index (χ4n) is 4.13. The van der Waals surface area contributed by atoms with Gasteiger partial charge in [-0.15, -0.1) is 0 Å². The molecule has 1 aromatic heterocycles. The van der Waals surface area contributed by atoms with Crippen molar-refractivity contribution in [2.24, 2.45) is 0 Å². The van der Waals surface area contributed by atoms with Crippen LogP contribution < -0.4 is 5.32 Å². The Morgan fingerprint density at radius 3 is 2.52 bits per heavy atom. The number of hydrogen-bond donors (Lipinski definition) is 1. The standard InChI is InChI=1S/C27H37N3O/c1-3-4-5-6-7-12-20-30-25-17-11-10-16-24(25)29-26(30)18-13-19-28-27(31)21-23-15-9-8-14-22(23)2/h8-11,14-17H,3-7,12-13,18-21H2,1-2H3,(H,28,31). The number of carbonyl (C=O) groups excluding carboxylic acids is 1. The molecule has 3 aromatic rings. The summed E-state index contributed by atoms with van der Waals surface area (Å²) in [6.45, 7) is 6.03. The van der Waals surface area contributed by atoms with Gasteiger partial charge in [-0.05, 0) is 43.0 Å². The highest BCUT2D eigenvalue weighted by atomic mass is 16.1. The Morgan fingerprint density at radius 2 is 1.68 bits per heavy atom. The van der Waals surface area contributed by atoms with Gasteiger partial charge in [0.1, 0.15) is 5.82 Å². The molecule has 3 rings (SSSR count). The molecule has 4 heteroatoms. The van der Waals surface area contributed by atoms with Crippen molar-refractivity contribution >= 4 is 16.9 Å². The van der Waals surface area contributed by atoms with Gasteiger partial charge in [0.05, 0.1) is 17.5 Å². The van der Waals surface area contributed by atoms with Crippen LogP contribution in [0.4, 0.5) is 0 Å². The lowest BCUT2D eigenvalue weighted by atomic mass is 10.1. The quantitative estimate of drug-likeness (QED) is 0.346. The molecule has 1 heterocycles.